The molecule has 0 amide bonds. The van der Waals surface area contributed by atoms with Gasteiger partial charge in [-0.25, -0.2) is 14.5 Å². The van der Waals surface area contributed by atoms with Gasteiger partial charge in [0.1, 0.15) is 0 Å². The fourth-order valence-electron chi connectivity index (χ4n) is 2.87. The molecule has 2 heterocycles. The van der Waals surface area contributed by atoms with Gasteiger partial charge in [0.05, 0.1) is 12.3 Å². The number of hydrogen-bond acceptors (Lipinski definition) is 4. The van der Waals surface area contributed by atoms with E-state index in [-0.39, 0.29) is 0 Å². The van der Waals surface area contributed by atoms with Crippen LogP contribution in [-0.4, -0.2) is 27.3 Å². The zero-order valence-corrected chi connectivity index (χ0v) is 14.3. The quantitative estimate of drug-likeness (QED) is 0.519. The van der Waals surface area contributed by atoms with Crippen LogP contribution in [0.4, 0.5) is 0 Å². The van der Waals surface area contributed by atoms with Crippen molar-refractivity contribution in [3.8, 4) is 17.1 Å². The Bertz CT molecular complexity index is 1070. The number of pyridine rings is 1. The summed E-state index contributed by atoms with van der Waals surface area (Å²) in [5.41, 5.74) is 1.99. The van der Waals surface area contributed by atoms with E-state index in [4.69, 9.17) is 4.74 Å². The zero-order chi connectivity index (χ0) is 17.9. The predicted molar refractivity (Wildman–Crippen MR) is 100 cm³/mol. The largest absolute Gasteiger partial charge is 0.461 e. The van der Waals surface area contributed by atoms with E-state index in [2.05, 4.69) is 34.3 Å². The van der Waals surface area contributed by atoms with Crippen molar-refractivity contribution >= 4 is 16.7 Å². The third kappa shape index (κ3) is 2.95. The molecule has 0 radical (unpaired) electrons. The van der Waals surface area contributed by atoms with Gasteiger partial charge in [-0.05, 0) is 42.0 Å². The number of benzene rings is 2. The number of hydrogen-bond donors (Lipinski definition) is 0. The lowest BCUT2D eigenvalue weighted by atomic mass is 10.1. The van der Waals surface area contributed by atoms with Gasteiger partial charge < -0.3 is 4.74 Å². The molecule has 4 rings (SSSR count). The summed E-state index contributed by atoms with van der Waals surface area (Å²) in [6, 6.07) is 21.5. The molecule has 0 fully saturated rings. The monoisotopic (exact) mass is 343 g/mol. The van der Waals surface area contributed by atoms with Crippen molar-refractivity contribution in [3.05, 3.63) is 78.6 Å². The Labute approximate surface area is 150 Å². The number of carbonyl (C=O) groups excluding carboxylic acids is 1. The molecule has 0 aliphatic rings. The molecule has 0 N–H and O–H groups in total. The van der Waals surface area contributed by atoms with Crippen LogP contribution in [0.25, 0.3) is 27.8 Å². The Kier molecular flexibility index (Phi) is 4.19. The molecule has 5 heteroatoms. The molecule has 0 saturated heterocycles. The van der Waals surface area contributed by atoms with E-state index >= 15 is 0 Å². The van der Waals surface area contributed by atoms with Gasteiger partial charge in [0, 0.05) is 11.8 Å². The van der Waals surface area contributed by atoms with Crippen LogP contribution in [0.2, 0.25) is 0 Å². The van der Waals surface area contributed by atoms with Gasteiger partial charge in [-0.15, -0.1) is 0 Å². The molecule has 0 spiro atoms. The number of rotatable bonds is 4. The summed E-state index contributed by atoms with van der Waals surface area (Å²) in [6.45, 7) is 2.08. The van der Waals surface area contributed by atoms with Crippen LogP contribution in [0.1, 0.15) is 17.4 Å². The number of carbonyl (C=O) groups is 1. The molecule has 26 heavy (non-hydrogen) atoms. The average molecular weight is 343 g/mol. The highest BCUT2D eigenvalue weighted by Crippen LogP contribution is 2.25. The van der Waals surface area contributed by atoms with Crippen LogP contribution in [0.15, 0.2) is 72.9 Å². The van der Waals surface area contributed by atoms with Gasteiger partial charge >= 0.3 is 5.97 Å². The molecule has 128 valence electrons. The summed E-state index contributed by atoms with van der Waals surface area (Å²) in [6.07, 6.45) is 1.67. The van der Waals surface area contributed by atoms with Crippen molar-refractivity contribution < 1.29 is 9.53 Å². The Morgan fingerprint density at radius 2 is 1.81 bits per heavy atom. The molecule has 0 saturated carbocycles. The third-order valence-electron chi connectivity index (χ3n) is 4.11. The Hall–Kier alpha value is -3.47. The van der Waals surface area contributed by atoms with E-state index in [0.29, 0.717) is 23.8 Å². The van der Waals surface area contributed by atoms with Crippen molar-refractivity contribution in [2.24, 2.45) is 0 Å². The molecule has 0 atom stereocenters. The van der Waals surface area contributed by atoms with Crippen LogP contribution < -0.4 is 0 Å². The number of fused-ring (bicyclic) bond motifs is 1. The first-order valence-electron chi connectivity index (χ1n) is 8.44. The molecule has 0 aliphatic carbocycles. The number of esters is 1. The van der Waals surface area contributed by atoms with Gasteiger partial charge in [0.15, 0.2) is 11.5 Å². The second-order valence-electron chi connectivity index (χ2n) is 5.80. The topological polar surface area (TPSA) is 57.0 Å². The maximum Gasteiger partial charge on any atom is 0.357 e. The SMILES string of the molecule is CCOC(=O)c1cc(-c2ccc3ccccc3c2)nn1-c1ccccn1. The first-order chi connectivity index (χ1) is 12.8. The summed E-state index contributed by atoms with van der Waals surface area (Å²) in [5, 5.41) is 6.89. The van der Waals surface area contributed by atoms with Crippen molar-refractivity contribution in [2.45, 2.75) is 6.92 Å². The summed E-state index contributed by atoms with van der Waals surface area (Å²) >= 11 is 0. The lowest BCUT2D eigenvalue weighted by Gasteiger charge is -2.05. The highest BCUT2D eigenvalue weighted by atomic mass is 16.5. The van der Waals surface area contributed by atoms with Crippen LogP contribution >= 0.6 is 0 Å². The van der Waals surface area contributed by atoms with E-state index in [9.17, 15) is 4.79 Å². The van der Waals surface area contributed by atoms with E-state index in [1.165, 1.54) is 4.68 Å². The minimum Gasteiger partial charge on any atom is -0.461 e. The first kappa shape index (κ1) is 16.0. The van der Waals surface area contributed by atoms with Crippen LogP contribution in [0.5, 0.6) is 0 Å². The average Bonchev–Trinajstić information content (AvgIpc) is 3.14. The second kappa shape index (κ2) is 6.80. The standard InChI is InChI=1S/C21H17N3O2/c1-2-26-21(25)19-14-18(23-24(19)20-9-5-6-12-22-20)17-11-10-15-7-3-4-8-16(15)13-17/h3-14H,2H2,1H3. The molecule has 2 aromatic heterocycles. The lowest BCUT2D eigenvalue weighted by Crippen LogP contribution is -2.12. The van der Waals surface area contributed by atoms with Crippen molar-refractivity contribution in [1.29, 1.82) is 0 Å². The van der Waals surface area contributed by atoms with Gasteiger partial charge in [-0.2, -0.15) is 5.10 Å². The predicted octanol–water partition coefficient (Wildman–Crippen LogP) is 4.26. The Balaban J connectivity index is 1.84. The summed E-state index contributed by atoms with van der Waals surface area (Å²) in [7, 11) is 0. The fourth-order valence-corrected chi connectivity index (χ4v) is 2.87. The molecular formula is C21H17N3O2. The highest BCUT2D eigenvalue weighted by molar-refractivity contribution is 5.91. The maximum absolute atomic E-state index is 12.4. The van der Waals surface area contributed by atoms with Gasteiger partial charge in [-0.3, -0.25) is 0 Å². The van der Waals surface area contributed by atoms with E-state index in [0.717, 1.165) is 16.3 Å². The smallest absolute Gasteiger partial charge is 0.357 e. The van der Waals surface area contributed by atoms with E-state index < -0.39 is 5.97 Å². The number of aromatic nitrogens is 3. The molecule has 0 aliphatic heterocycles. The zero-order valence-electron chi connectivity index (χ0n) is 14.3. The van der Waals surface area contributed by atoms with Gasteiger partial charge in [0.25, 0.3) is 0 Å². The van der Waals surface area contributed by atoms with Gasteiger partial charge in [-0.1, -0.05) is 42.5 Å². The highest BCUT2D eigenvalue weighted by Gasteiger charge is 2.19. The van der Waals surface area contributed by atoms with Crippen LogP contribution in [0, 0.1) is 0 Å². The van der Waals surface area contributed by atoms with Crippen LogP contribution in [-0.2, 0) is 4.74 Å². The first-order valence-corrected chi connectivity index (χ1v) is 8.44. The lowest BCUT2D eigenvalue weighted by molar-refractivity contribution is 0.0515. The fraction of sp³-hybridized carbons (Fsp3) is 0.0952. The van der Waals surface area contributed by atoms with Crippen molar-refractivity contribution in [3.63, 3.8) is 0 Å². The Morgan fingerprint density at radius 3 is 2.58 bits per heavy atom. The van der Waals surface area contributed by atoms with Crippen molar-refractivity contribution in [1.82, 2.24) is 14.8 Å². The molecule has 5 nitrogen and oxygen atoms in total. The summed E-state index contributed by atoms with van der Waals surface area (Å²) in [5.74, 6) is 0.153. The molecular weight excluding hydrogens is 326 g/mol. The maximum atomic E-state index is 12.4. The normalized spacial score (nSPS) is 10.8. The summed E-state index contributed by atoms with van der Waals surface area (Å²) < 4.78 is 6.71. The van der Waals surface area contributed by atoms with E-state index in [1.54, 1.807) is 25.3 Å². The molecule has 4 aromatic rings. The van der Waals surface area contributed by atoms with Crippen LogP contribution in [0.3, 0.4) is 0 Å². The van der Waals surface area contributed by atoms with Gasteiger partial charge in [0.2, 0.25) is 0 Å². The molecule has 0 unspecified atom stereocenters. The third-order valence-corrected chi connectivity index (χ3v) is 4.11. The molecule has 0 bridgehead atoms. The van der Waals surface area contributed by atoms with E-state index in [1.807, 2.05) is 30.3 Å². The Morgan fingerprint density at radius 1 is 1.00 bits per heavy atom. The minimum atomic E-state index is -0.419. The number of ether oxygens (including phenoxy) is 1. The van der Waals surface area contributed by atoms with Crippen molar-refractivity contribution in [2.75, 3.05) is 6.61 Å². The summed E-state index contributed by atoms with van der Waals surface area (Å²) in [4.78, 5) is 16.7. The molecule has 2 aromatic carbocycles. The second-order valence-corrected chi connectivity index (χ2v) is 5.80. The minimum absolute atomic E-state index is 0.303. The number of nitrogens with zero attached hydrogens (tertiary/aromatic N) is 3.